The van der Waals surface area contributed by atoms with Crippen LogP contribution in [0.1, 0.15) is 92.0 Å². The predicted molar refractivity (Wildman–Crippen MR) is 427 cm³/mol. The van der Waals surface area contributed by atoms with Gasteiger partial charge in [-0.1, -0.05) is 26.0 Å². The van der Waals surface area contributed by atoms with Crippen molar-refractivity contribution < 1.29 is 101 Å². The minimum Gasteiger partial charge on any atom is -0.494 e. The first-order chi connectivity index (χ1) is 54.0. The minimum absolute atomic E-state index is 0.00968. The largest absolute Gasteiger partial charge is 0.524 e. The number of benzene rings is 3. The van der Waals surface area contributed by atoms with Crippen LogP contribution in [0.3, 0.4) is 0 Å². The van der Waals surface area contributed by atoms with E-state index in [2.05, 4.69) is 31.2 Å². The Balaban J connectivity index is 0.625. The van der Waals surface area contributed by atoms with Gasteiger partial charge in [-0.05, 0) is 110 Å². The van der Waals surface area contributed by atoms with Gasteiger partial charge in [0.25, 0.3) is 5.17 Å². The first-order valence-electron chi connectivity index (χ1n) is 37.3. The molecule has 0 radical (unpaired) electrons. The number of carbonyl (C=O) groups excluding carboxylic acids is 7. The number of ether oxygens (including phenoxy) is 8. The van der Waals surface area contributed by atoms with E-state index in [0.29, 0.717) is 110 Å². The molecule has 3 aliphatic carbocycles. The third-order valence-corrected chi connectivity index (χ3v) is 22.9. The highest BCUT2D eigenvalue weighted by molar-refractivity contribution is 7.98. The number of fused-ring (bicyclic) bond motifs is 6. The molecular formula is C75H101Cl2N12O21PS2. The van der Waals surface area contributed by atoms with Crippen molar-refractivity contribution in [3.63, 3.8) is 0 Å². The number of aromatic amines is 2. The SMILES string of the molecule is CSc1cc(O)n(CCOCCOCCOCCOCCOCCOCCC(=O)NC(C(=O)NC(CCCNC(N)=O)C(=O)Nc2ccc(COC(=S)N(C)CCN(C)C(=O)Oc3cc4c(c5c(C)c[nH]c35)C(CCl)CN4C(=O)C34CC(C(=O)N5CC(CCl)c6c5cc(OP(=O)(O)O)c5[nH]cc(C)c65)(C3)C4)cc2)C(C)C)c1O. The van der Waals surface area contributed by atoms with E-state index in [1.54, 1.807) is 79.2 Å². The average Bonchev–Trinajstić information content (AvgIpc) is 1.57. The topological polar surface area (TPSA) is 424 Å². The van der Waals surface area contributed by atoms with Crippen LogP contribution in [0.5, 0.6) is 23.3 Å². The number of nitrogens with two attached hydrogens (primary N) is 1. The summed E-state index contributed by atoms with van der Waals surface area (Å²) in [7, 11) is -1.70. The monoisotopic (exact) mass is 1670 g/mol. The van der Waals surface area contributed by atoms with E-state index in [1.807, 2.05) is 26.3 Å². The van der Waals surface area contributed by atoms with E-state index >= 15 is 0 Å². The summed E-state index contributed by atoms with van der Waals surface area (Å²) in [4.78, 5) is 129. The lowest BCUT2D eigenvalue weighted by Gasteiger charge is -2.69. The number of carbonyl (C=O) groups is 7. The molecule has 3 fully saturated rings. The molecule has 2 aliphatic heterocycles. The fraction of sp³-hybridized carbons (Fsp3) is 0.547. The molecule has 33 nitrogen and oxygen atoms in total. The maximum atomic E-state index is 15.0. The van der Waals surface area contributed by atoms with E-state index in [4.69, 9.17) is 83.6 Å². The van der Waals surface area contributed by atoms with Crippen molar-refractivity contribution in [2.75, 3.05) is 159 Å². The second-order valence-electron chi connectivity index (χ2n) is 29.0. The fourth-order valence-electron chi connectivity index (χ4n) is 14.8. The number of amides is 8. The molecule has 4 atom stereocenters. The molecule has 11 rings (SSSR count). The van der Waals surface area contributed by atoms with Crippen molar-refractivity contribution in [1.29, 1.82) is 0 Å². The number of thioether (sulfide) groups is 1. The molecule has 38 heteroatoms. The highest BCUT2D eigenvalue weighted by Crippen LogP contribution is 2.75. The summed E-state index contributed by atoms with van der Waals surface area (Å²) < 4.78 is 64.0. The molecule has 4 unspecified atom stereocenters. The number of aromatic nitrogens is 3. The summed E-state index contributed by atoms with van der Waals surface area (Å²) in [5.41, 5.74) is 9.94. The zero-order valence-electron chi connectivity index (χ0n) is 64.2. The minimum atomic E-state index is -4.99. The summed E-state index contributed by atoms with van der Waals surface area (Å²) in [6.07, 6.45) is 5.85. The highest BCUT2D eigenvalue weighted by atomic mass is 35.5. The molecule has 3 saturated carbocycles. The molecule has 3 aromatic carbocycles. The molecule has 5 heterocycles. The van der Waals surface area contributed by atoms with Gasteiger partial charge in [-0.15, -0.1) is 35.0 Å². The first-order valence-corrected chi connectivity index (χ1v) is 41.5. The average molecular weight is 1670 g/mol. The summed E-state index contributed by atoms with van der Waals surface area (Å²) in [5, 5.41) is 32.5. The number of rotatable bonds is 44. The van der Waals surface area contributed by atoms with Gasteiger partial charge in [0.1, 0.15) is 18.7 Å². The molecule has 5 aliphatic rings. The Hall–Kier alpha value is -8.16. The fourth-order valence-corrected chi connectivity index (χ4v) is 16.4. The number of primary amides is 1. The van der Waals surface area contributed by atoms with Crippen LogP contribution in [-0.2, 0) is 74.8 Å². The molecule has 0 spiro atoms. The smallest absolute Gasteiger partial charge is 0.494 e. The molecule has 113 heavy (non-hydrogen) atoms. The molecule has 618 valence electrons. The van der Waals surface area contributed by atoms with E-state index in [1.165, 1.54) is 33.4 Å². The maximum absolute atomic E-state index is 15.0. The van der Waals surface area contributed by atoms with Crippen LogP contribution in [0.4, 0.5) is 26.7 Å². The number of nitrogens with one attached hydrogen (secondary N) is 6. The summed E-state index contributed by atoms with van der Waals surface area (Å²) in [6, 6.07) is 8.61. The van der Waals surface area contributed by atoms with Gasteiger partial charge in [0.15, 0.2) is 17.4 Å². The third kappa shape index (κ3) is 21.3. The predicted octanol–water partition coefficient (Wildman–Crippen LogP) is 7.95. The third-order valence-electron chi connectivity index (χ3n) is 20.6. The number of aryl methyl sites for hydroxylation is 2. The second kappa shape index (κ2) is 39.5. The number of aromatic hydroxyl groups is 2. The van der Waals surface area contributed by atoms with Crippen LogP contribution in [0.25, 0.3) is 21.8 Å². The molecular weight excluding hydrogens is 1570 g/mol. The van der Waals surface area contributed by atoms with Gasteiger partial charge in [0.05, 0.1) is 124 Å². The van der Waals surface area contributed by atoms with Gasteiger partial charge in [-0.2, -0.15) is 0 Å². The van der Waals surface area contributed by atoms with Crippen LogP contribution >= 0.6 is 55.0 Å². The Labute approximate surface area is 673 Å². The maximum Gasteiger partial charge on any atom is 0.524 e. The number of halogens is 2. The molecule has 6 aromatic rings. The summed E-state index contributed by atoms with van der Waals surface area (Å²) in [5.74, 6) is -2.37. The normalized spacial score (nSPS) is 17.9. The Morgan fingerprint density at radius 1 is 0.717 bits per heavy atom. The number of likely N-dealkylation sites (N-methyl/N-ethyl adjacent to an activating group) is 2. The number of nitrogens with zero attached hydrogens (tertiary/aromatic N) is 5. The first kappa shape index (κ1) is 87.2. The van der Waals surface area contributed by atoms with Crippen LogP contribution in [0.2, 0.25) is 0 Å². The molecule has 8 amide bonds. The van der Waals surface area contributed by atoms with Gasteiger partial charge in [0, 0.05) is 124 Å². The van der Waals surface area contributed by atoms with Crippen LogP contribution in [0, 0.1) is 30.6 Å². The number of anilines is 3. The van der Waals surface area contributed by atoms with Crippen molar-refractivity contribution in [1.82, 2.24) is 40.3 Å². The lowest BCUT2D eigenvalue weighted by atomic mass is 9.34. The Bertz CT molecular complexity index is 4430. The lowest BCUT2D eigenvalue weighted by molar-refractivity contribution is -0.205. The standard InChI is InChI=1S/C75H101Cl2N12O21PS2/c1-44(2)63(84-57(90)14-19-102-21-23-104-25-27-106-29-30-107-28-26-105-24-22-103-20-18-87-58(91)33-56(113-7)68(87)94)67(93)83-51(9-8-15-79-71(78)97)66(92)82-50-12-10-47(11-13-50)40-108-73(112)86(6)17-16-85(5)72(98)109-54-31-52-61(59-45(3)36-80-64(54)59)48(34-76)38-88(52)69(95)74-41-75(42-74,43-74)70(96)89-39-49(35-77)62-53(89)32-55(110-111(99,100)101)65-60(62)46(4)37-81-65/h10-13,31-33,36-37,44,48-49,51,63,80-81,91,94H,8-9,14-30,34-35,38-43H2,1-7H3,(H,82,92)(H,83,93)(H,84,90)(H3,78,79,97)(H2,99,100,101). The number of alkyl halides is 2. The number of phosphoric ester groups is 1. The Kier molecular flexibility index (Phi) is 30.5. The lowest BCUT2D eigenvalue weighted by Crippen LogP contribution is -2.73. The number of phosphoric acid groups is 1. The summed E-state index contributed by atoms with van der Waals surface area (Å²) in [6.45, 7) is 12.4. The van der Waals surface area contributed by atoms with Crippen molar-refractivity contribution >= 4 is 141 Å². The quantitative estimate of drug-likeness (QED) is 0.00568. The van der Waals surface area contributed by atoms with Gasteiger partial charge in [0.2, 0.25) is 35.4 Å². The van der Waals surface area contributed by atoms with Gasteiger partial charge < -0.3 is 109 Å². The highest BCUT2D eigenvalue weighted by Gasteiger charge is 2.76. The molecule has 2 bridgehead atoms. The Morgan fingerprint density at radius 3 is 1.72 bits per heavy atom. The number of hydrogen-bond acceptors (Lipinski definition) is 21. The van der Waals surface area contributed by atoms with Gasteiger partial charge in [-0.3, -0.25) is 38.3 Å². The van der Waals surface area contributed by atoms with Crippen molar-refractivity contribution in [2.24, 2.45) is 22.5 Å². The van der Waals surface area contributed by atoms with Crippen LogP contribution < -0.4 is 46.1 Å². The van der Waals surface area contributed by atoms with E-state index in [-0.39, 0.29) is 167 Å². The molecule has 3 aromatic heterocycles. The van der Waals surface area contributed by atoms with Crippen molar-refractivity contribution in [3.8, 4) is 23.3 Å². The number of thiocarbonyl (C=S) groups is 1. The Morgan fingerprint density at radius 2 is 1.22 bits per heavy atom. The van der Waals surface area contributed by atoms with Crippen LogP contribution in [0.15, 0.2) is 59.8 Å². The zero-order valence-corrected chi connectivity index (χ0v) is 68.3. The number of urea groups is 1. The van der Waals surface area contributed by atoms with Crippen molar-refractivity contribution in [3.05, 3.63) is 82.7 Å². The summed E-state index contributed by atoms with van der Waals surface area (Å²) >= 11 is 20.2. The molecule has 0 saturated heterocycles. The van der Waals surface area contributed by atoms with Crippen molar-refractivity contribution in [2.45, 2.75) is 108 Å². The van der Waals surface area contributed by atoms with E-state index < -0.39 is 60.6 Å². The van der Waals surface area contributed by atoms with Gasteiger partial charge >= 0.3 is 19.9 Å². The van der Waals surface area contributed by atoms with Gasteiger partial charge in [-0.25, -0.2) is 14.2 Å². The second-order valence-corrected chi connectivity index (χ2v) is 31.9. The molecule has 12 N–H and O–H groups in total. The van der Waals surface area contributed by atoms with Crippen LogP contribution in [-0.4, -0.2) is 247 Å². The van der Waals surface area contributed by atoms with E-state index in [0.717, 1.165) is 27.6 Å². The number of H-pyrrole nitrogens is 2. The van der Waals surface area contributed by atoms with E-state index in [9.17, 15) is 58.1 Å². The number of hydrogen-bond donors (Lipinski definition) is 11. The zero-order chi connectivity index (χ0) is 81.5.